The van der Waals surface area contributed by atoms with Crippen LogP contribution in [0.25, 0.3) is 6.08 Å². The van der Waals surface area contributed by atoms with Crippen molar-refractivity contribution in [1.29, 1.82) is 0 Å². The molecule has 3 rings (SSSR count). The molecular formula is C19H14FNO2S2. The van der Waals surface area contributed by atoms with Gasteiger partial charge in [-0.2, -0.15) is 0 Å². The normalized spacial score (nSPS) is 15.7. The number of halogens is 1. The van der Waals surface area contributed by atoms with Crippen LogP contribution in [0.5, 0.6) is 5.75 Å². The third kappa shape index (κ3) is 3.81. The zero-order valence-corrected chi connectivity index (χ0v) is 14.8. The van der Waals surface area contributed by atoms with Crippen LogP contribution < -0.4 is 9.64 Å². The molecule has 1 heterocycles. The van der Waals surface area contributed by atoms with Gasteiger partial charge in [-0.1, -0.05) is 60.9 Å². The van der Waals surface area contributed by atoms with Gasteiger partial charge in [0, 0.05) is 5.56 Å². The van der Waals surface area contributed by atoms with Crippen LogP contribution >= 0.6 is 24.0 Å². The fourth-order valence-electron chi connectivity index (χ4n) is 2.33. The molecule has 0 bridgehead atoms. The van der Waals surface area contributed by atoms with E-state index in [1.807, 2.05) is 24.3 Å². The van der Waals surface area contributed by atoms with Gasteiger partial charge in [-0.05, 0) is 30.3 Å². The van der Waals surface area contributed by atoms with Crippen LogP contribution in [-0.2, 0) is 4.79 Å². The van der Waals surface area contributed by atoms with Crippen molar-refractivity contribution in [2.24, 2.45) is 0 Å². The Hall–Kier alpha value is -2.44. The number of amides is 1. The van der Waals surface area contributed by atoms with Gasteiger partial charge in [0.05, 0.1) is 10.6 Å². The summed E-state index contributed by atoms with van der Waals surface area (Å²) in [7, 11) is 0. The molecule has 2 aromatic carbocycles. The Labute approximate surface area is 154 Å². The van der Waals surface area contributed by atoms with Gasteiger partial charge >= 0.3 is 0 Å². The van der Waals surface area contributed by atoms with E-state index in [9.17, 15) is 9.18 Å². The number of thiocarbonyl (C=S) groups is 1. The number of thioether (sulfide) groups is 1. The minimum absolute atomic E-state index is 0.279. The smallest absolute Gasteiger partial charge is 0.270 e. The van der Waals surface area contributed by atoms with Gasteiger partial charge in [0.25, 0.3) is 5.91 Å². The lowest BCUT2D eigenvalue weighted by Crippen LogP contribution is -2.27. The summed E-state index contributed by atoms with van der Waals surface area (Å²) in [5, 5.41) is 0. The van der Waals surface area contributed by atoms with E-state index in [0.717, 1.165) is 5.56 Å². The van der Waals surface area contributed by atoms with Gasteiger partial charge in [-0.15, -0.1) is 0 Å². The molecule has 3 nitrogen and oxygen atoms in total. The molecule has 1 saturated heterocycles. The van der Waals surface area contributed by atoms with E-state index in [1.54, 1.807) is 24.3 Å². The first-order valence-corrected chi connectivity index (χ1v) is 8.69. The highest BCUT2D eigenvalue weighted by Crippen LogP contribution is 2.37. The molecule has 25 heavy (non-hydrogen) atoms. The quantitative estimate of drug-likeness (QED) is 0.429. The first-order valence-electron chi connectivity index (χ1n) is 7.46. The lowest BCUT2D eigenvalue weighted by molar-refractivity contribution is -0.113. The highest BCUT2D eigenvalue weighted by molar-refractivity contribution is 8.27. The average Bonchev–Trinajstić information content (AvgIpc) is 2.88. The molecule has 0 radical (unpaired) electrons. The van der Waals surface area contributed by atoms with E-state index < -0.39 is 5.82 Å². The standard InChI is InChI=1S/C19H14FNO2S2/c1-2-10-23-16-9-4-3-6-13(16)11-17-18(22)21(19(24)25-17)15-8-5-7-14(20)12-15/h2-9,11-12H,1,10H2/b17-11+. The van der Waals surface area contributed by atoms with Crippen LogP contribution in [0, 0.1) is 5.82 Å². The predicted molar refractivity (Wildman–Crippen MR) is 104 cm³/mol. The number of benzene rings is 2. The second kappa shape index (κ2) is 7.63. The van der Waals surface area contributed by atoms with Crippen molar-refractivity contribution in [3.05, 3.63) is 77.5 Å². The monoisotopic (exact) mass is 371 g/mol. The Kier molecular flexibility index (Phi) is 5.31. The van der Waals surface area contributed by atoms with Crippen molar-refractivity contribution in [1.82, 2.24) is 0 Å². The Morgan fingerprint density at radius 1 is 1.24 bits per heavy atom. The Morgan fingerprint density at radius 3 is 2.80 bits per heavy atom. The van der Waals surface area contributed by atoms with Gasteiger partial charge in [-0.3, -0.25) is 9.69 Å². The number of hydrogen-bond acceptors (Lipinski definition) is 4. The minimum Gasteiger partial charge on any atom is -0.489 e. The van der Waals surface area contributed by atoms with Gasteiger partial charge in [-0.25, -0.2) is 4.39 Å². The molecule has 2 aromatic rings. The van der Waals surface area contributed by atoms with Crippen LogP contribution in [0.3, 0.4) is 0 Å². The van der Waals surface area contributed by atoms with E-state index in [2.05, 4.69) is 6.58 Å². The summed E-state index contributed by atoms with van der Waals surface area (Å²) in [6, 6.07) is 13.2. The van der Waals surface area contributed by atoms with E-state index in [1.165, 1.54) is 28.8 Å². The molecule has 0 unspecified atom stereocenters. The molecular weight excluding hydrogens is 357 g/mol. The van der Waals surface area contributed by atoms with Crippen LogP contribution in [0.4, 0.5) is 10.1 Å². The summed E-state index contributed by atoms with van der Waals surface area (Å²) in [5.41, 5.74) is 1.19. The number of carbonyl (C=O) groups is 1. The minimum atomic E-state index is -0.418. The molecule has 0 aliphatic carbocycles. The number of nitrogens with zero attached hydrogens (tertiary/aromatic N) is 1. The van der Waals surface area contributed by atoms with Crippen LogP contribution in [0.15, 0.2) is 66.1 Å². The second-order valence-electron chi connectivity index (χ2n) is 5.13. The number of rotatable bonds is 5. The predicted octanol–water partition coefficient (Wildman–Crippen LogP) is 4.80. The summed E-state index contributed by atoms with van der Waals surface area (Å²) in [5.74, 6) is -0.0451. The maximum absolute atomic E-state index is 13.5. The Morgan fingerprint density at radius 2 is 2.04 bits per heavy atom. The Bertz CT molecular complexity index is 879. The largest absolute Gasteiger partial charge is 0.489 e. The third-order valence-corrected chi connectivity index (χ3v) is 4.72. The van der Waals surface area contributed by atoms with Gasteiger partial charge in [0.2, 0.25) is 0 Å². The van der Waals surface area contributed by atoms with E-state index in [4.69, 9.17) is 17.0 Å². The van der Waals surface area contributed by atoms with E-state index in [0.29, 0.717) is 27.3 Å². The maximum Gasteiger partial charge on any atom is 0.270 e. The molecule has 0 saturated carbocycles. The molecule has 1 aliphatic rings. The number of anilines is 1. The van der Waals surface area contributed by atoms with Crippen molar-refractivity contribution in [3.8, 4) is 5.75 Å². The molecule has 1 aliphatic heterocycles. The summed E-state index contributed by atoms with van der Waals surface area (Å²) in [4.78, 5) is 14.5. The zero-order valence-electron chi connectivity index (χ0n) is 13.1. The van der Waals surface area contributed by atoms with Crippen LogP contribution in [0.2, 0.25) is 0 Å². The van der Waals surface area contributed by atoms with Crippen molar-refractivity contribution in [2.75, 3.05) is 11.5 Å². The van der Waals surface area contributed by atoms with Crippen molar-refractivity contribution < 1.29 is 13.9 Å². The van der Waals surface area contributed by atoms with Gasteiger partial charge in [0.1, 0.15) is 18.2 Å². The first kappa shape index (κ1) is 17.4. The average molecular weight is 371 g/mol. The molecule has 0 aromatic heterocycles. The van der Waals surface area contributed by atoms with Crippen LogP contribution in [-0.4, -0.2) is 16.8 Å². The lowest BCUT2D eigenvalue weighted by Gasteiger charge is -2.14. The third-order valence-electron chi connectivity index (χ3n) is 3.42. The molecule has 126 valence electrons. The second-order valence-corrected chi connectivity index (χ2v) is 6.81. The molecule has 0 N–H and O–H groups in total. The zero-order chi connectivity index (χ0) is 17.8. The van der Waals surface area contributed by atoms with E-state index in [-0.39, 0.29) is 5.91 Å². The summed E-state index contributed by atoms with van der Waals surface area (Å²) < 4.78 is 19.4. The van der Waals surface area contributed by atoms with Crippen molar-refractivity contribution >= 4 is 46.0 Å². The fourth-order valence-corrected chi connectivity index (χ4v) is 3.62. The van der Waals surface area contributed by atoms with Gasteiger partial charge < -0.3 is 4.74 Å². The van der Waals surface area contributed by atoms with Gasteiger partial charge in [0.15, 0.2) is 4.32 Å². The highest BCUT2D eigenvalue weighted by Gasteiger charge is 2.33. The summed E-state index contributed by atoms with van der Waals surface area (Å²) >= 11 is 6.48. The number of para-hydroxylation sites is 1. The molecule has 6 heteroatoms. The first-order chi connectivity index (χ1) is 12.1. The molecule has 1 amide bonds. The number of ether oxygens (including phenoxy) is 1. The topological polar surface area (TPSA) is 29.5 Å². The number of hydrogen-bond donors (Lipinski definition) is 0. The molecule has 0 spiro atoms. The Balaban J connectivity index is 1.92. The molecule has 0 atom stereocenters. The summed E-state index contributed by atoms with van der Waals surface area (Å²) in [6.45, 7) is 4.00. The highest BCUT2D eigenvalue weighted by atomic mass is 32.2. The van der Waals surface area contributed by atoms with Crippen molar-refractivity contribution in [2.45, 2.75) is 0 Å². The van der Waals surface area contributed by atoms with E-state index >= 15 is 0 Å². The SMILES string of the molecule is C=CCOc1ccccc1/C=C1/SC(=S)N(c2cccc(F)c2)C1=O. The van der Waals surface area contributed by atoms with Crippen LogP contribution in [0.1, 0.15) is 5.56 Å². The summed E-state index contributed by atoms with van der Waals surface area (Å²) in [6.07, 6.45) is 3.39. The number of carbonyl (C=O) groups excluding carboxylic acids is 1. The maximum atomic E-state index is 13.5. The lowest BCUT2D eigenvalue weighted by atomic mass is 10.2. The molecule has 1 fully saturated rings. The fraction of sp³-hybridized carbons (Fsp3) is 0.0526. The van der Waals surface area contributed by atoms with Crippen molar-refractivity contribution in [3.63, 3.8) is 0 Å².